The van der Waals surface area contributed by atoms with E-state index in [9.17, 15) is 14.0 Å². The minimum atomic E-state index is -0.524. The number of carbonyl (C=O) groups excluding carboxylic acids is 2. The number of Topliss-reactive ketones (excluding diaryl/α,β-unsaturated/α-hetero) is 1. The van der Waals surface area contributed by atoms with E-state index in [2.05, 4.69) is 31.5 Å². The molecule has 1 aromatic heterocycles. The molecule has 4 rings (SSSR count). The molecule has 8 heteroatoms. The van der Waals surface area contributed by atoms with E-state index in [1.165, 1.54) is 6.07 Å². The fraction of sp³-hybridized carbons (Fsp3) is 0.542. The second-order valence-electron chi connectivity index (χ2n) is 9.81. The molecule has 0 saturated heterocycles. The molecule has 0 bridgehead atoms. The lowest BCUT2D eigenvalue weighted by Gasteiger charge is -2.31. The van der Waals surface area contributed by atoms with E-state index in [0.717, 1.165) is 49.6 Å². The van der Waals surface area contributed by atoms with Gasteiger partial charge in [0.15, 0.2) is 5.78 Å². The van der Waals surface area contributed by atoms with Crippen LogP contribution in [-0.2, 0) is 4.74 Å². The van der Waals surface area contributed by atoms with Gasteiger partial charge in [0.05, 0.1) is 21.2 Å². The molecule has 0 spiro atoms. The summed E-state index contributed by atoms with van der Waals surface area (Å²) in [5.41, 5.74) is 1.30. The van der Waals surface area contributed by atoms with Crippen LogP contribution in [0.25, 0.3) is 10.9 Å². The number of anilines is 1. The van der Waals surface area contributed by atoms with Crippen molar-refractivity contribution in [3.05, 3.63) is 34.2 Å². The first-order valence-corrected chi connectivity index (χ1v) is 12.0. The van der Waals surface area contributed by atoms with Crippen molar-refractivity contribution in [2.45, 2.75) is 77.0 Å². The number of aromatic nitrogens is 1. The summed E-state index contributed by atoms with van der Waals surface area (Å²) in [6.45, 7) is 5.53. The van der Waals surface area contributed by atoms with Gasteiger partial charge in [0.25, 0.3) is 0 Å². The van der Waals surface area contributed by atoms with Crippen molar-refractivity contribution >= 4 is 44.4 Å². The molecular formula is C24H29BrFN3O3. The maximum absolute atomic E-state index is 14.1. The van der Waals surface area contributed by atoms with E-state index in [-0.39, 0.29) is 29.6 Å². The Hall–Kier alpha value is -2.22. The van der Waals surface area contributed by atoms with Crippen molar-refractivity contribution in [2.24, 2.45) is 5.92 Å². The standard InChI is InChI=1S/C24H29BrFN3O3/c1-24(2,3)32-23(31)29-15-8-6-14(7-9-15)28-21-16-10-18(25)19(26)11-20(16)27-12-17(21)22(30)13-4-5-13/h10-15H,4-9H2,1-3H3,(H,27,28)(H,29,31). The molecule has 2 aliphatic rings. The number of fused-ring (bicyclic) bond motifs is 1. The average Bonchev–Trinajstić information content (AvgIpc) is 3.54. The summed E-state index contributed by atoms with van der Waals surface area (Å²) in [5.74, 6) is -0.221. The average molecular weight is 506 g/mol. The Kier molecular flexibility index (Phi) is 6.43. The van der Waals surface area contributed by atoms with E-state index in [0.29, 0.717) is 15.6 Å². The van der Waals surface area contributed by atoms with Crippen molar-refractivity contribution in [3.63, 3.8) is 0 Å². The largest absolute Gasteiger partial charge is 0.444 e. The van der Waals surface area contributed by atoms with Crippen LogP contribution >= 0.6 is 15.9 Å². The third-order valence-electron chi connectivity index (χ3n) is 5.92. The highest BCUT2D eigenvalue weighted by Gasteiger charge is 2.33. The number of hydrogen-bond donors (Lipinski definition) is 2. The van der Waals surface area contributed by atoms with Crippen LogP contribution in [0.4, 0.5) is 14.9 Å². The second-order valence-corrected chi connectivity index (χ2v) is 10.7. The number of alkyl carbamates (subject to hydrolysis) is 1. The summed E-state index contributed by atoms with van der Waals surface area (Å²) in [4.78, 5) is 29.4. The lowest BCUT2D eigenvalue weighted by molar-refractivity contribution is 0.0492. The molecule has 2 aliphatic carbocycles. The highest BCUT2D eigenvalue weighted by molar-refractivity contribution is 9.10. The van der Waals surface area contributed by atoms with Crippen molar-refractivity contribution in [3.8, 4) is 0 Å². The molecule has 1 aromatic carbocycles. The predicted octanol–water partition coefficient (Wildman–Crippen LogP) is 5.98. The fourth-order valence-corrected chi connectivity index (χ4v) is 4.50. The first-order chi connectivity index (χ1) is 15.1. The first kappa shape index (κ1) is 23.0. The Morgan fingerprint density at radius 2 is 1.75 bits per heavy atom. The third-order valence-corrected chi connectivity index (χ3v) is 6.53. The molecule has 0 unspecified atom stereocenters. The van der Waals surface area contributed by atoms with Gasteiger partial charge in [0, 0.05) is 35.7 Å². The van der Waals surface area contributed by atoms with Gasteiger partial charge >= 0.3 is 6.09 Å². The smallest absolute Gasteiger partial charge is 0.407 e. The molecule has 2 N–H and O–H groups in total. The maximum atomic E-state index is 14.1. The monoisotopic (exact) mass is 505 g/mol. The number of ketones is 1. The Morgan fingerprint density at radius 3 is 2.38 bits per heavy atom. The maximum Gasteiger partial charge on any atom is 0.407 e. The molecular weight excluding hydrogens is 477 g/mol. The molecule has 0 aliphatic heterocycles. The van der Waals surface area contributed by atoms with Crippen LogP contribution in [-0.4, -0.2) is 34.5 Å². The Balaban J connectivity index is 1.50. The van der Waals surface area contributed by atoms with E-state index in [1.807, 2.05) is 20.8 Å². The number of nitrogens with one attached hydrogen (secondary N) is 2. The van der Waals surface area contributed by atoms with Crippen LogP contribution in [0.3, 0.4) is 0 Å². The molecule has 1 heterocycles. The zero-order valence-corrected chi connectivity index (χ0v) is 20.2. The summed E-state index contributed by atoms with van der Waals surface area (Å²) in [7, 11) is 0. The topological polar surface area (TPSA) is 80.3 Å². The number of hydrogen-bond acceptors (Lipinski definition) is 5. The minimum Gasteiger partial charge on any atom is -0.444 e. The van der Waals surface area contributed by atoms with Crippen molar-refractivity contribution < 1.29 is 18.7 Å². The van der Waals surface area contributed by atoms with Crippen LogP contribution in [0.2, 0.25) is 0 Å². The molecule has 2 aromatic rings. The van der Waals surface area contributed by atoms with Crippen LogP contribution < -0.4 is 10.6 Å². The van der Waals surface area contributed by atoms with E-state index >= 15 is 0 Å². The lowest BCUT2D eigenvalue weighted by atomic mass is 9.90. The number of amides is 1. The minimum absolute atomic E-state index is 0.0625. The summed E-state index contributed by atoms with van der Waals surface area (Å²) in [6.07, 6.45) is 6.30. The van der Waals surface area contributed by atoms with E-state index in [1.54, 1.807) is 12.3 Å². The van der Waals surface area contributed by atoms with Crippen molar-refractivity contribution in [2.75, 3.05) is 5.32 Å². The SMILES string of the molecule is CC(C)(C)OC(=O)NC1CCC(Nc2c(C(=O)C3CC3)cnc3cc(F)c(Br)cc23)CC1. The Bertz CT molecular complexity index is 1040. The van der Waals surface area contributed by atoms with Crippen LogP contribution in [0.5, 0.6) is 0 Å². The number of ether oxygens (including phenoxy) is 1. The molecule has 0 atom stereocenters. The van der Waals surface area contributed by atoms with Gasteiger partial charge in [-0.2, -0.15) is 0 Å². The quantitative estimate of drug-likeness (QED) is 0.488. The molecule has 0 radical (unpaired) electrons. The van der Waals surface area contributed by atoms with E-state index in [4.69, 9.17) is 4.74 Å². The summed E-state index contributed by atoms with van der Waals surface area (Å²) in [5, 5.41) is 7.26. The molecule has 2 fully saturated rings. The zero-order chi connectivity index (χ0) is 23.0. The Labute approximate surface area is 195 Å². The number of rotatable bonds is 5. The van der Waals surface area contributed by atoms with Gasteiger partial charge in [0.1, 0.15) is 11.4 Å². The summed E-state index contributed by atoms with van der Waals surface area (Å²) < 4.78 is 19.8. The second kappa shape index (κ2) is 8.96. The van der Waals surface area contributed by atoms with Crippen molar-refractivity contribution in [1.29, 1.82) is 0 Å². The number of halogens is 2. The first-order valence-electron chi connectivity index (χ1n) is 11.2. The highest BCUT2D eigenvalue weighted by Crippen LogP contribution is 2.38. The van der Waals surface area contributed by atoms with E-state index < -0.39 is 11.7 Å². The van der Waals surface area contributed by atoms with Gasteiger partial charge in [-0.3, -0.25) is 9.78 Å². The van der Waals surface area contributed by atoms with Gasteiger partial charge in [-0.15, -0.1) is 0 Å². The number of benzene rings is 1. The van der Waals surface area contributed by atoms with Gasteiger partial charge < -0.3 is 15.4 Å². The summed E-state index contributed by atoms with van der Waals surface area (Å²) >= 11 is 3.26. The van der Waals surface area contributed by atoms with Crippen molar-refractivity contribution in [1.82, 2.24) is 10.3 Å². The number of pyridine rings is 1. The highest BCUT2D eigenvalue weighted by atomic mass is 79.9. The van der Waals surface area contributed by atoms with Crippen LogP contribution in [0, 0.1) is 11.7 Å². The third kappa shape index (κ3) is 5.39. The predicted molar refractivity (Wildman–Crippen MR) is 125 cm³/mol. The fourth-order valence-electron chi connectivity index (χ4n) is 4.16. The molecule has 172 valence electrons. The lowest BCUT2D eigenvalue weighted by Crippen LogP contribution is -2.42. The van der Waals surface area contributed by atoms with Gasteiger partial charge in [-0.1, -0.05) is 0 Å². The number of carbonyl (C=O) groups is 2. The Morgan fingerprint density at radius 1 is 1.09 bits per heavy atom. The molecule has 32 heavy (non-hydrogen) atoms. The van der Waals surface area contributed by atoms with Gasteiger partial charge in [0.2, 0.25) is 0 Å². The van der Waals surface area contributed by atoms with Gasteiger partial charge in [-0.25, -0.2) is 9.18 Å². The molecule has 1 amide bonds. The molecule has 6 nitrogen and oxygen atoms in total. The van der Waals surface area contributed by atoms with Crippen LogP contribution in [0.1, 0.15) is 69.7 Å². The normalized spacial score (nSPS) is 21.3. The summed E-state index contributed by atoms with van der Waals surface area (Å²) in [6, 6.07) is 3.29. The van der Waals surface area contributed by atoms with Crippen LogP contribution in [0.15, 0.2) is 22.8 Å². The zero-order valence-electron chi connectivity index (χ0n) is 18.6. The molecule has 2 saturated carbocycles. The van der Waals surface area contributed by atoms with Gasteiger partial charge in [-0.05, 0) is 81.3 Å². The number of nitrogens with zero attached hydrogens (tertiary/aromatic N) is 1.